The van der Waals surface area contributed by atoms with Crippen LogP contribution in [0.2, 0.25) is 0 Å². The van der Waals surface area contributed by atoms with E-state index in [1.807, 2.05) is 94.1 Å². The smallest absolute Gasteiger partial charge is 0.128 e. The quantitative estimate of drug-likeness (QED) is 0.123. The van der Waals surface area contributed by atoms with E-state index in [2.05, 4.69) is 171 Å². The molecule has 0 atom stereocenters. The second kappa shape index (κ2) is 18.4. The molecule has 10 heteroatoms. The SMILES string of the molecule is CSC1=C(SC)SC(=c2c3cccc(OCc4ccc5cc6ccccc6cc5c4)c3c(=C3SC(SC)=C(SC)S3)c3c(OCc4ccc5cc6ccccc6cc5c4)cccc23)S1. The van der Waals surface area contributed by atoms with E-state index in [1.165, 1.54) is 89.7 Å². The van der Waals surface area contributed by atoms with Crippen LogP contribution in [0.3, 0.4) is 0 Å². The zero-order chi connectivity index (χ0) is 43.3. The van der Waals surface area contributed by atoms with Crippen molar-refractivity contribution in [3.63, 3.8) is 0 Å². The summed E-state index contributed by atoms with van der Waals surface area (Å²) in [5.74, 6) is 1.75. The topological polar surface area (TPSA) is 18.5 Å². The first-order valence-electron chi connectivity index (χ1n) is 20.7. The van der Waals surface area contributed by atoms with Crippen molar-refractivity contribution in [3.05, 3.63) is 184 Å². The monoisotopic (exact) mass is 976 g/mol. The van der Waals surface area contributed by atoms with Gasteiger partial charge in [-0.1, -0.05) is 144 Å². The highest BCUT2D eigenvalue weighted by Crippen LogP contribution is 2.59. The minimum Gasteiger partial charge on any atom is -0.488 e. The van der Waals surface area contributed by atoms with Gasteiger partial charge in [0.05, 0.1) is 25.4 Å². The van der Waals surface area contributed by atoms with Crippen LogP contribution in [0.1, 0.15) is 11.1 Å². The second-order valence-electron chi connectivity index (χ2n) is 15.4. The van der Waals surface area contributed by atoms with Gasteiger partial charge in [-0.25, -0.2) is 0 Å². The molecule has 9 aromatic rings. The largest absolute Gasteiger partial charge is 0.488 e. The highest BCUT2D eigenvalue weighted by Gasteiger charge is 2.28. The first-order valence-corrected chi connectivity index (χ1v) is 28.9. The third-order valence-electron chi connectivity index (χ3n) is 11.6. The van der Waals surface area contributed by atoms with Crippen molar-refractivity contribution in [1.29, 1.82) is 0 Å². The Hall–Kier alpha value is -3.84. The van der Waals surface area contributed by atoms with E-state index in [-0.39, 0.29) is 0 Å². The van der Waals surface area contributed by atoms with Gasteiger partial charge in [0, 0.05) is 21.2 Å². The van der Waals surface area contributed by atoms with Crippen LogP contribution >= 0.6 is 94.1 Å². The molecule has 64 heavy (non-hydrogen) atoms. The Bertz CT molecular complexity index is 3350. The maximum Gasteiger partial charge on any atom is 0.128 e. The molecule has 0 radical (unpaired) electrons. The minimum absolute atomic E-state index is 0.443. The van der Waals surface area contributed by atoms with Crippen molar-refractivity contribution >= 4 is 167 Å². The Balaban J connectivity index is 1.11. The summed E-state index contributed by atoms with van der Waals surface area (Å²) in [6, 6.07) is 53.1. The number of fused-ring (bicyclic) bond motifs is 6. The lowest BCUT2D eigenvalue weighted by Gasteiger charge is -2.18. The average molecular weight is 977 g/mol. The molecule has 0 fully saturated rings. The molecule has 0 amide bonds. The average Bonchev–Trinajstić information content (AvgIpc) is 3.96. The lowest BCUT2D eigenvalue weighted by molar-refractivity contribution is 0.309. The molecular formula is C54H40O2S8. The highest BCUT2D eigenvalue weighted by atomic mass is 32.3. The molecule has 0 aliphatic carbocycles. The van der Waals surface area contributed by atoms with E-state index in [9.17, 15) is 0 Å². The summed E-state index contributed by atoms with van der Waals surface area (Å²) < 4.78 is 22.1. The van der Waals surface area contributed by atoms with Crippen molar-refractivity contribution in [2.75, 3.05) is 25.0 Å². The molecule has 0 spiro atoms. The van der Waals surface area contributed by atoms with E-state index in [1.54, 1.807) is 0 Å². The zero-order valence-electron chi connectivity index (χ0n) is 35.4. The van der Waals surface area contributed by atoms with Gasteiger partial charge in [0.1, 0.15) is 24.7 Å². The van der Waals surface area contributed by atoms with Gasteiger partial charge >= 0.3 is 0 Å². The third-order valence-corrected chi connectivity index (χ3v) is 22.1. The number of thioether (sulfide) groups is 8. The maximum atomic E-state index is 7.10. The number of rotatable bonds is 10. The van der Waals surface area contributed by atoms with Crippen molar-refractivity contribution in [2.24, 2.45) is 0 Å². The third kappa shape index (κ3) is 8.00. The number of benzene rings is 9. The predicted octanol–water partition coefficient (Wildman–Crippen LogP) is 16.6. The standard InChI is InChI=1S/C54H40O2S8/c1-57-51-52(58-2)62-49(61-51)45-41-15-9-17-43(55-29-31-19-21-37-25-33-11-5-7-13-35(33)27-39(37)23-31)46(41)48(50-63-53(59-3)54(60-4)64-50)47-42(45)16-10-18-44(47)56-30-32-20-22-38-26-34-12-6-8-14-36(34)28-40(38)24-32/h5-28H,29-30H2,1-4H3. The van der Waals surface area contributed by atoms with Gasteiger partial charge in [-0.15, -0.1) is 47.0 Å². The molecule has 9 aromatic carbocycles. The van der Waals surface area contributed by atoms with Crippen LogP contribution in [0.25, 0.3) is 73.1 Å². The Labute approximate surface area is 406 Å². The van der Waals surface area contributed by atoms with E-state index >= 15 is 0 Å². The molecule has 0 saturated heterocycles. The Morgan fingerprint density at radius 2 is 0.719 bits per heavy atom. The number of hydrogen-bond donors (Lipinski definition) is 0. The molecule has 0 saturated carbocycles. The van der Waals surface area contributed by atoms with Crippen LogP contribution < -0.4 is 19.9 Å². The number of ether oxygens (including phenoxy) is 2. The summed E-state index contributed by atoms with van der Waals surface area (Å²) in [5.41, 5.74) is 2.27. The summed E-state index contributed by atoms with van der Waals surface area (Å²) in [6.07, 6.45) is 8.76. The molecule has 2 aliphatic rings. The predicted molar refractivity (Wildman–Crippen MR) is 298 cm³/mol. The van der Waals surface area contributed by atoms with Crippen LogP contribution in [-0.2, 0) is 13.2 Å². The highest BCUT2D eigenvalue weighted by molar-refractivity contribution is 8.46. The van der Waals surface area contributed by atoms with Crippen LogP contribution in [0.4, 0.5) is 0 Å². The lowest BCUT2D eigenvalue weighted by atomic mass is 9.97. The van der Waals surface area contributed by atoms with Crippen LogP contribution in [0.15, 0.2) is 163 Å². The molecule has 0 aromatic heterocycles. The minimum atomic E-state index is 0.443. The van der Waals surface area contributed by atoms with Gasteiger partial charge in [-0.05, 0) is 139 Å². The van der Waals surface area contributed by atoms with E-state index in [0.29, 0.717) is 13.2 Å². The zero-order valence-corrected chi connectivity index (χ0v) is 41.9. The van der Waals surface area contributed by atoms with Crippen molar-refractivity contribution in [1.82, 2.24) is 0 Å². The van der Waals surface area contributed by atoms with E-state index in [4.69, 9.17) is 9.47 Å². The molecule has 0 N–H and O–H groups in total. The first-order chi connectivity index (χ1) is 31.5. The van der Waals surface area contributed by atoms with Crippen LogP contribution in [0, 0.1) is 0 Å². The number of hydrogen-bond acceptors (Lipinski definition) is 10. The maximum absolute atomic E-state index is 7.10. The van der Waals surface area contributed by atoms with E-state index < -0.39 is 0 Å². The van der Waals surface area contributed by atoms with Crippen molar-refractivity contribution in [2.45, 2.75) is 13.2 Å². The summed E-state index contributed by atoms with van der Waals surface area (Å²) in [7, 11) is 0. The van der Waals surface area contributed by atoms with Crippen LogP contribution in [0.5, 0.6) is 11.5 Å². The van der Waals surface area contributed by atoms with Crippen molar-refractivity contribution in [3.8, 4) is 11.5 Å². The van der Waals surface area contributed by atoms with Crippen molar-refractivity contribution < 1.29 is 9.47 Å². The normalized spacial score (nSPS) is 14.5. The summed E-state index contributed by atoms with van der Waals surface area (Å²) in [5, 5.41) is 17.0. The Morgan fingerprint density at radius 1 is 0.359 bits per heavy atom. The Morgan fingerprint density at radius 3 is 1.11 bits per heavy atom. The molecule has 0 unspecified atom stereocenters. The summed E-state index contributed by atoms with van der Waals surface area (Å²) >= 11 is 14.9. The molecule has 2 aliphatic heterocycles. The van der Waals surface area contributed by atoms with Gasteiger partial charge < -0.3 is 9.47 Å². The Kier molecular flexibility index (Phi) is 12.3. The molecule has 2 nitrogen and oxygen atoms in total. The fraction of sp³-hybridized carbons (Fsp3) is 0.111. The summed E-state index contributed by atoms with van der Waals surface area (Å²) in [6.45, 7) is 0.887. The lowest BCUT2D eigenvalue weighted by Crippen LogP contribution is -2.19. The molecule has 2 heterocycles. The fourth-order valence-corrected chi connectivity index (χ4v) is 18.9. The molecular weight excluding hydrogens is 937 g/mol. The fourth-order valence-electron chi connectivity index (χ4n) is 8.66. The van der Waals surface area contributed by atoms with Gasteiger partial charge in [-0.3, -0.25) is 0 Å². The summed E-state index contributed by atoms with van der Waals surface area (Å²) in [4.78, 5) is 0. The van der Waals surface area contributed by atoms with Gasteiger partial charge in [0.2, 0.25) is 0 Å². The van der Waals surface area contributed by atoms with Gasteiger partial charge in [0.15, 0.2) is 0 Å². The second-order valence-corrected chi connectivity index (χ2v) is 24.3. The molecule has 0 bridgehead atoms. The molecule has 11 rings (SSSR count). The van der Waals surface area contributed by atoms with Crippen LogP contribution in [-0.4, -0.2) is 25.0 Å². The van der Waals surface area contributed by atoms with Gasteiger partial charge in [0.25, 0.3) is 0 Å². The van der Waals surface area contributed by atoms with Gasteiger partial charge in [-0.2, -0.15) is 0 Å². The molecule has 316 valence electrons. The first kappa shape index (κ1) is 42.8. The van der Waals surface area contributed by atoms with E-state index in [0.717, 1.165) is 33.4 Å².